The third-order valence-electron chi connectivity index (χ3n) is 1.51. The molecule has 0 aliphatic rings. The number of Topliss-reactive ketones (excluding diaryl/α,β-unsaturated/α-hetero) is 1. The maximum atomic E-state index is 10.5. The van der Waals surface area contributed by atoms with E-state index in [0.717, 1.165) is 0 Å². The zero-order valence-corrected chi connectivity index (χ0v) is 6.96. The smallest absolute Gasteiger partial charge is 0.303 e. The molecule has 3 nitrogen and oxygen atoms in total. The minimum atomic E-state index is -0.791. The topological polar surface area (TPSA) is 54.4 Å². The normalized spacial score (nSPS) is 12.5. The molecule has 0 rings (SSSR count). The molecule has 3 heteroatoms. The van der Waals surface area contributed by atoms with Gasteiger partial charge >= 0.3 is 5.97 Å². The second-order valence-corrected chi connectivity index (χ2v) is 2.94. The average molecular weight is 158 g/mol. The molecule has 0 fully saturated rings. The van der Waals surface area contributed by atoms with Crippen molar-refractivity contribution in [1.82, 2.24) is 0 Å². The molecule has 11 heavy (non-hydrogen) atoms. The van der Waals surface area contributed by atoms with E-state index in [2.05, 4.69) is 0 Å². The monoisotopic (exact) mass is 158 g/mol. The zero-order chi connectivity index (χ0) is 8.85. The maximum Gasteiger partial charge on any atom is 0.303 e. The number of carboxylic acid groups (broad SMARTS) is 1. The molecular formula is C8H14O3. The maximum absolute atomic E-state index is 10.5. The predicted octanol–water partition coefficient (Wildman–Crippen LogP) is 1.47. The molecule has 0 aliphatic carbocycles. The number of carbonyl (C=O) groups is 2. The van der Waals surface area contributed by atoms with Gasteiger partial charge in [-0.15, -0.1) is 0 Å². The van der Waals surface area contributed by atoms with Gasteiger partial charge in [0.15, 0.2) is 0 Å². The lowest BCUT2D eigenvalue weighted by Gasteiger charge is -2.05. The molecule has 0 aromatic heterocycles. The number of aliphatic carboxylic acids is 1. The second kappa shape index (κ2) is 4.88. The first-order chi connectivity index (χ1) is 5.02. The van der Waals surface area contributed by atoms with Gasteiger partial charge in [0.2, 0.25) is 0 Å². The van der Waals surface area contributed by atoms with Crippen molar-refractivity contribution in [2.24, 2.45) is 5.92 Å². The summed E-state index contributed by atoms with van der Waals surface area (Å²) in [5, 5.41) is 8.36. The highest BCUT2D eigenvalue weighted by molar-refractivity contribution is 5.75. The SMILES string of the molecule is CC(=O)CC[C@@H](C)CC(=O)O. The van der Waals surface area contributed by atoms with Gasteiger partial charge in [0.1, 0.15) is 5.78 Å². The number of hydrogen-bond acceptors (Lipinski definition) is 2. The first-order valence-corrected chi connectivity index (χ1v) is 3.73. The Kier molecular flexibility index (Phi) is 4.50. The molecule has 0 aromatic rings. The number of rotatable bonds is 5. The van der Waals surface area contributed by atoms with Crippen molar-refractivity contribution >= 4 is 11.8 Å². The van der Waals surface area contributed by atoms with Crippen LogP contribution in [0.15, 0.2) is 0 Å². The van der Waals surface area contributed by atoms with E-state index in [0.29, 0.717) is 12.8 Å². The van der Waals surface area contributed by atoms with Crippen LogP contribution in [-0.4, -0.2) is 16.9 Å². The van der Waals surface area contributed by atoms with Gasteiger partial charge < -0.3 is 9.90 Å². The molecule has 0 unspecified atom stereocenters. The van der Waals surface area contributed by atoms with Gasteiger partial charge in [0.25, 0.3) is 0 Å². The Balaban J connectivity index is 3.44. The van der Waals surface area contributed by atoms with Gasteiger partial charge in [0.05, 0.1) is 0 Å². The summed E-state index contributed by atoms with van der Waals surface area (Å²) in [5.74, 6) is -0.556. The van der Waals surface area contributed by atoms with Crippen LogP contribution in [0, 0.1) is 5.92 Å². The minimum Gasteiger partial charge on any atom is -0.481 e. The Hall–Kier alpha value is -0.860. The van der Waals surface area contributed by atoms with Crippen LogP contribution in [0.5, 0.6) is 0 Å². The van der Waals surface area contributed by atoms with Crippen LogP contribution >= 0.6 is 0 Å². The summed E-state index contributed by atoms with van der Waals surface area (Å²) in [6.07, 6.45) is 1.34. The minimum absolute atomic E-state index is 0.108. The third-order valence-corrected chi connectivity index (χ3v) is 1.51. The summed E-state index contributed by atoms with van der Waals surface area (Å²) >= 11 is 0. The quantitative estimate of drug-likeness (QED) is 0.659. The van der Waals surface area contributed by atoms with Crippen LogP contribution in [0.4, 0.5) is 0 Å². The molecule has 0 heterocycles. The van der Waals surface area contributed by atoms with E-state index in [1.807, 2.05) is 6.92 Å². The number of carboxylic acids is 1. The standard InChI is InChI=1S/C8H14O3/c1-6(5-8(10)11)3-4-7(2)9/h6H,3-5H2,1-2H3,(H,10,11)/t6-/m1/s1. The highest BCUT2D eigenvalue weighted by Crippen LogP contribution is 2.09. The molecule has 0 bridgehead atoms. The molecular weight excluding hydrogens is 144 g/mol. The van der Waals surface area contributed by atoms with Crippen LogP contribution in [-0.2, 0) is 9.59 Å². The van der Waals surface area contributed by atoms with Crippen molar-refractivity contribution in [2.75, 3.05) is 0 Å². The second-order valence-electron chi connectivity index (χ2n) is 2.94. The van der Waals surface area contributed by atoms with E-state index in [4.69, 9.17) is 5.11 Å². The van der Waals surface area contributed by atoms with E-state index in [9.17, 15) is 9.59 Å². The average Bonchev–Trinajstić information content (AvgIpc) is 1.82. The van der Waals surface area contributed by atoms with Crippen molar-refractivity contribution in [3.05, 3.63) is 0 Å². The van der Waals surface area contributed by atoms with Crippen LogP contribution in [0.25, 0.3) is 0 Å². The van der Waals surface area contributed by atoms with Crippen LogP contribution in [0.2, 0.25) is 0 Å². The number of hydrogen-bond donors (Lipinski definition) is 1. The van der Waals surface area contributed by atoms with Gasteiger partial charge in [0, 0.05) is 12.8 Å². The Morgan fingerprint density at radius 1 is 1.45 bits per heavy atom. The number of carbonyl (C=O) groups excluding carboxylic acids is 1. The van der Waals surface area contributed by atoms with Gasteiger partial charge in [-0.25, -0.2) is 0 Å². The molecule has 0 aliphatic heterocycles. The predicted molar refractivity (Wildman–Crippen MR) is 41.3 cm³/mol. The van der Waals surface area contributed by atoms with Crippen LogP contribution in [0.1, 0.15) is 33.1 Å². The molecule has 1 N–H and O–H groups in total. The zero-order valence-electron chi connectivity index (χ0n) is 6.96. The van der Waals surface area contributed by atoms with Gasteiger partial charge in [-0.1, -0.05) is 6.92 Å². The van der Waals surface area contributed by atoms with E-state index in [1.165, 1.54) is 6.92 Å². The fourth-order valence-electron chi connectivity index (χ4n) is 0.850. The van der Waals surface area contributed by atoms with Crippen molar-refractivity contribution in [1.29, 1.82) is 0 Å². The summed E-state index contributed by atoms with van der Waals surface area (Å²) in [7, 11) is 0. The van der Waals surface area contributed by atoms with E-state index >= 15 is 0 Å². The molecule has 0 saturated heterocycles. The molecule has 64 valence electrons. The Labute approximate surface area is 66.4 Å². The molecule has 0 radical (unpaired) electrons. The number of ketones is 1. The summed E-state index contributed by atoms with van der Waals surface area (Å²) in [6.45, 7) is 3.37. The summed E-state index contributed by atoms with van der Waals surface area (Å²) in [6, 6.07) is 0. The van der Waals surface area contributed by atoms with Crippen LogP contribution < -0.4 is 0 Å². The molecule has 0 spiro atoms. The van der Waals surface area contributed by atoms with Crippen molar-refractivity contribution < 1.29 is 14.7 Å². The van der Waals surface area contributed by atoms with E-state index in [1.54, 1.807) is 0 Å². The summed E-state index contributed by atoms with van der Waals surface area (Å²) < 4.78 is 0. The Morgan fingerprint density at radius 3 is 2.36 bits per heavy atom. The third kappa shape index (κ3) is 7.03. The highest BCUT2D eigenvalue weighted by atomic mass is 16.4. The van der Waals surface area contributed by atoms with Crippen molar-refractivity contribution in [3.63, 3.8) is 0 Å². The Morgan fingerprint density at radius 2 is 2.00 bits per heavy atom. The summed E-state index contributed by atoms with van der Waals surface area (Å²) in [4.78, 5) is 20.7. The lowest BCUT2D eigenvalue weighted by molar-refractivity contribution is -0.138. The van der Waals surface area contributed by atoms with Crippen molar-refractivity contribution in [2.45, 2.75) is 33.1 Å². The van der Waals surface area contributed by atoms with Crippen LogP contribution in [0.3, 0.4) is 0 Å². The molecule has 0 aromatic carbocycles. The van der Waals surface area contributed by atoms with E-state index < -0.39 is 5.97 Å². The fourth-order valence-corrected chi connectivity index (χ4v) is 0.850. The molecule has 0 amide bonds. The van der Waals surface area contributed by atoms with E-state index in [-0.39, 0.29) is 18.1 Å². The lowest BCUT2D eigenvalue weighted by atomic mass is 10.0. The summed E-state index contributed by atoms with van der Waals surface area (Å²) in [5.41, 5.74) is 0. The lowest BCUT2D eigenvalue weighted by Crippen LogP contribution is -2.05. The largest absolute Gasteiger partial charge is 0.481 e. The van der Waals surface area contributed by atoms with Gasteiger partial charge in [-0.05, 0) is 19.3 Å². The first-order valence-electron chi connectivity index (χ1n) is 3.73. The van der Waals surface area contributed by atoms with Gasteiger partial charge in [-0.2, -0.15) is 0 Å². The Bertz CT molecular complexity index is 151. The van der Waals surface area contributed by atoms with Crippen molar-refractivity contribution in [3.8, 4) is 0 Å². The molecule has 0 saturated carbocycles. The molecule has 1 atom stereocenters. The van der Waals surface area contributed by atoms with Gasteiger partial charge in [-0.3, -0.25) is 4.79 Å². The first kappa shape index (κ1) is 10.1. The fraction of sp³-hybridized carbons (Fsp3) is 0.750. The highest BCUT2D eigenvalue weighted by Gasteiger charge is 2.07.